The highest BCUT2D eigenvalue weighted by Gasteiger charge is 2.47. The van der Waals surface area contributed by atoms with Gasteiger partial charge in [0.2, 0.25) is 0 Å². The minimum absolute atomic E-state index is 0.0794. The number of ether oxygens (including phenoxy) is 1. The molecule has 6 nitrogen and oxygen atoms in total. The van der Waals surface area contributed by atoms with Crippen molar-refractivity contribution in [2.45, 2.75) is 25.1 Å². The van der Waals surface area contributed by atoms with E-state index in [1.54, 1.807) is 11.2 Å². The fourth-order valence-corrected chi connectivity index (χ4v) is 5.47. The molecule has 8 heteroatoms. The van der Waals surface area contributed by atoms with Crippen LogP contribution in [-0.2, 0) is 9.84 Å². The zero-order valence-electron chi connectivity index (χ0n) is 13.0. The Bertz CT molecular complexity index is 863. The molecule has 3 atom stereocenters. The molecule has 1 N–H and O–H groups in total. The first-order chi connectivity index (χ1) is 11.4. The van der Waals surface area contributed by atoms with Crippen molar-refractivity contribution in [2.24, 2.45) is 5.10 Å². The van der Waals surface area contributed by atoms with E-state index in [-0.39, 0.29) is 29.7 Å². The van der Waals surface area contributed by atoms with Gasteiger partial charge in [0.15, 0.2) is 14.9 Å². The summed E-state index contributed by atoms with van der Waals surface area (Å²) in [4.78, 5) is 0. The summed E-state index contributed by atoms with van der Waals surface area (Å²) < 4.78 is 29.5. The van der Waals surface area contributed by atoms with Crippen molar-refractivity contribution >= 4 is 39.5 Å². The average molecular weight is 363 g/mol. The molecule has 3 aliphatic rings. The molecule has 3 aliphatic heterocycles. The van der Waals surface area contributed by atoms with Gasteiger partial charge in [-0.1, -0.05) is 18.2 Å². The summed E-state index contributed by atoms with van der Waals surface area (Å²) in [7, 11) is -3.03. The fraction of sp³-hybridized carbons (Fsp3) is 0.375. The summed E-state index contributed by atoms with van der Waals surface area (Å²) >= 11 is 5.28. The van der Waals surface area contributed by atoms with Gasteiger partial charge in [-0.3, -0.25) is 0 Å². The topological polar surface area (TPSA) is 71.0 Å². The number of hydrogen-bond donors (Lipinski definition) is 1. The van der Waals surface area contributed by atoms with Crippen LogP contribution >= 0.6 is 12.2 Å². The number of para-hydroxylation sites is 1. The van der Waals surface area contributed by atoms with Crippen LogP contribution in [0, 0.1) is 0 Å². The molecule has 0 amide bonds. The minimum Gasteiger partial charge on any atom is -0.485 e. The Balaban J connectivity index is 1.59. The van der Waals surface area contributed by atoms with E-state index in [1.165, 1.54) is 0 Å². The van der Waals surface area contributed by atoms with Crippen molar-refractivity contribution in [2.75, 3.05) is 11.5 Å². The van der Waals surface area contributed by atoms with Crippen molar-refractivity contribution < 1.29 is 13.2 Å². The van der Waals surface area contributed by atoms with E-state index >= 15 is 0 Å². The Morgan fingerprint density at radius 2 is 2.17 bits per heavy atom. The number of nitrogens with one attached hydrogen (secondary N) is 1. The van der Waals surface area contributed by atoms with Gasteiger partial charge in [-0.05, 0) is 31.3 Å². The second kappa shape index (κ2) is 5.56. The van der Waals surface area contributed by atoms with Gasteiger partial charge in [0, 0.05) is 11.1 Å². The maximum atomic E-state index is 11.8. The highest BCUT2D eigenvalue weighted by atomic mass is 32.2. The standard InChI is InChI=1S/C16H17N3O3S2/c1-10-12(6-11-4-2-3-5-15(11)22-10)7-17-19-14-9-24(20,21)8-13(14)18-16(19)23/h2-7,10,13-14H,8-9H2,1H3,(H,18,23)/b17-7-/t10-,13-,14+/m1/s1. The first-order valence-corrected chi connectivity index (χ1v) is 9.97. The molecular formula is C16H17N3O3S2. The monoisotopic (exact) mass is 363 g/mol. The van der Waals surface area contributed by atoms with Crippen LogP contribution in [-0.4, -0.2) is 54.4 Å². The molecule has 2 fully saturated rings. The van der Waals surface area contributed by atoms with Gasteiger partial charge in [-0.15, -0.1) is 0 Å². The Morgan fingerprint density at radius 1 is 1.38 bits per heavy atom. The summed E-state index contributed by atoms with van der Waals surface area (Å²) in [6.07, 6.45) is 3.61. The molecule has 4 rings (SSSR count). The number of benzene rings is 1. The molecular weight excluding hydrogens is 346 g/mol. The fourth-order valence-electron chi connectivity index (χ4n) is 3.25. The first kappa shape index (κ1) is 15.6. The van der Waals surface area contributed by atoms with Crippen molar-refractivity contribution in [3.63, 3.8) is 0 Å². The lowest BCUT2D eigenvalue weighted by Crippen LogP contribution is -2.33. The molecule has 0 unspecified atom stereocenters. The molecule has 3 heterocycles. The van der Waals surface area contributed by atoms with E-state index in [0.717, 1.165) is 16.9 Å². The second-order valence-electron chi connectivity index (χ2n) is 6.23. The average Bonchev–Trinajstić information content (AvgIpc) is 2.96. The minimum atomic E-state index is -3.03. The zero-order valence-corrected chi connectivity index (χ0v) is 14.7. The lowest BCUT2D eigenvalue weighted by molar-refractivity contribution is 0.260. The molecule has 0 bridgehead atoms. The van der Waals surface area contributed by atoms with Gasteiger partial charge in [0.1, 0.15) is 11.9 Å². The number of nitrogens with zero attached hydrogens (tertiary/aromatic N) is 2. The molecule has 0 aromatic heterocycles. The van der Waals surface area contributed by atoms with Gasteiger partial charge < -0.3 is 10.1 Å². The van der Waals surface area contributed by atoms with Crippen LogP contribution in [0.1, 0.15) is 12.5 Å². The Hall–Kier alpha value is -1.93. The van der Waals surface area contributed by atoms with E-state index < -0.39 is 9.84 Å². The molecule has 1 aromatic carbocycles. The number of hydrogen-bond acceptors (Lipinski definition) is 5. The molecule has 1 aromatic rings. The van der Waals surface area contributed by atoms with Gasteiger partial charge >= 0.3 is 0 Å². The Morgan fingerprint density at radius 3 is 3.00 bits per heavy atom. The first-order valence-electron chi connectivity index (χ1n) is 7.74. The van der Waals surface area contributed by atoms with Crippen LogP contribution in [0.5, 0.6) is 5.75 Å². The van der Waals surface area contributed by atoms with E-state index in [0.29, 0.717) is 5.11 Å². The maximum Gasteiger partial charge on any atom is 0.190 e. The lowest BCUT2D eigenvalue weighted by atomic mass is 10.0. The van der Waals surface area contributed by atoms with Crippen molar-refractivity contribution in [3.05, 3.63) is 35.4 Å². The highest BCUT2D eigenvalue weighted by molar-refractivity contribution is 7.91. The highest BCUT2D eigenvalue weighted by Crippen LogP contribution is 2.29. The Labute approximate surface area is 146 Å². The number of fused-ring (bicyclic) bond motifs is 2. The number of rotatable bonds is 2. The maximum absolute atomic E-state index is 11.8. The number of hydrazone groups is 1. The summed E-state index contributed by atoms with van der Waals surface area (Å²) in [5, 5.41) is 9.58. The van der Waals surface area contributed by atoms with Crippen LogP contribution in [0.4, 0.5) is 0 Å². The zero-order chi connectivity index (χ0) is 16.9. The van der Waals surface area contributed by atoms with Crippen LogP contribution in [0.3, 0.4) is 0 Å². The van der Waals surface area contributed by atoms with Crippen molar-refractivity contribution in [3.8, 4) is 5.75 Å². The summed E-state index contributed by atoms with van der Waals surface area (Å²) in [6, 6.07) is 7.41. The van der Waals surface area contributed by atoms with Gasteiger partial charge in [0.25, 0.3) is 0 Å². The summed E-state index contributed by atoms with van der Waals surface area (Å²) in [5.74, 6) is 1.04. The van der Waals surface area contributed by atoms with Gasteiger partial charge in [-0.25, -0.2) is 13.4 Å². The summed E-state index contributed by atoms with van der Waals surface area (Å²) in [6.45, 7) is 1.96. The van der Waals surface area contributed by atoms with E-state index in [2.05, 4.69) is 10.4 Å². The third kappa shape index (κ3) is 2.69. The quantitative estimate of drug-likeness (QED) is 0.629. The smallest absolute Gasteiger partial charge is 0.190 e. The van der Waals surface area contributed by atoms with Crippen molar-refractivity contribution in [1.29, 1.82) is 0 Å². The van der Waals surface area contributed by atoms with E-state index in [4.69, 9.17) is 17.0 Å². The SMILES string of the molecule is C[C@H]1Oc2ccccc2C=C1/C=N\N1C(=S)N[C@@H]2CS(=O)(=O)C[C@@H]21. The largest absolute Gasteiger partial charge is 0.485 e. The predicted octanol–water partition coefficient (Wildman–Crippen LogP) is 1.19. The van der Waals surface area contributed by atoms with Gasteiger partial charge in [-0.2, -0.15) is 5.10 Å². The van der Waals surface area contributed by atoms with E-state index in [9.17, 15) is 8.42 Å². The van der Waals surface area contributed by atoms with Gasteiger partial charge in [0.05, 0.1) is 29.8 Å². The third-order valence-electron chi connectivity index (χ3n) is 4.50. The molecule has 0 saturated carbocycles. The normalized spacial score (nSPS) is 30.5. The molecule has 2 saturated heterocycles. The van der Waals surface area contributed by atoms with Crippen LogP contribution in [0.2, 0.25) is 0 Å². The molecule has 24 heavy (non-hydrogen) atoms. The number of thiocarbonyl (C=S) groups is 1. The van der Waals surface area contributed by atoms with Crippen LogP contribution in [0.15, 0.2) is 34.9 Å². The summed E-state index contributed by atoms with van der Waals surface area (Å²) in [5.41, 5.74) is 1.92. The van der Waals surface area contributed by atoms with Crippen LogP contribution < -0.4 is 10.1 Å². The second-order valence-corrected chi connectivity index (χ2v) is 8.77. The number of sulfone groups is 1. The molecule has 0 spiro atoms. The Kier molecular flexibility index (Phi) is 3.61. The van der Waals surface area contributed by atoms with E-state index in [1.807, 2.05) is 37.3 Å². The van der Waals surface area contributed by atoms with Crippen LogP contribution in [0.25, 0.3) is 6.08 Å². The third-order valence-corrected chi connectivity index (χ3v) is 6.52. The predicted molar refractivity (Wildman–Crippen MR) is 96.8 cm³/mol. The van der Waals surface area contributed by atoms with Crippen molar-refractivity contribution in [1.82, 2.24) is 10.3 Å². The molecule has 126 valence electrons. The molecule has 0 radical (unpaired) electrons. The lowest BCUT2D eigenvalue weighted by Gasteiger charge is -2.23. The molecule has 0 aliphatic carbocycles.